The molecule has 5 rings (SSSR count). The van der Waals surface area contributed by atoms with Crippen molar-refractivity contribution in [2.75, 3.05) is 25.0 Å². The number of piperidine rings is 1. The predicted molar refractivity (Wildman–Crippen MR) is 99.5 cm³/mol. The van der Waals surface area contributed by atoms with Gasteiger partial charge in [0.1, 0.15) is 5.82 Å². The molecule has 1 aliphatic carbocycles. The van der Waals surface area contributed by atoms with Gasteiger partial charge >= 0.3 is 0 Å². The fraction of sp³-hybridized carbons (Fsp3) is 0.316. The molecule has 1 saturated heterocycles. The van der Waals surface area contributed by atoms with Crippen molar-refractivity contribution in [1.82, 2.24) is 14.9 Å². The molecule has 5 nitrogen and oxygen atoms in total. The van der Waals surface area contributed by atoms with Gasteiger partial charge in [0.15, 0.2) is 0 Å². The number of hydrogen-bond acceptors (Lipinski definition) is 5. The van der Waals surface area contributed by atoms with Crippen molar-refractivity contribution in [1.29, 1.82) is 0 Å². The van der Waals surface area contributed by atoms with Gasteiger partial charge in [-0.05, 0) is 41.3 Å². The van der Waals surface area contributed by atoms with Gasteiger partial charge in [-0.1, -0.05) is 12.1 Å². The van der Waals surface area contributed by atoms with E-state index < -0.39 is 0 Å². The summed E-state index contributed by atoms with van der Waals surface area (Å²) in [4.78, 5) is 24.2. The number of hydrogen-bond donors (Lipinski definition) is 1. The number of carbonyl (C=O) groups is 1. The zero-order valence-electron chi connectivity index (χ0n) is 13.7. The zero-order chi connectivity index (χ0) is 16.8. The molecule has 25 heavy (non-hydrogen) atoms. The van der Waals surface area contributed by atoms with Crippen LogP contribution in [0, 0.1) is 11.8 Å². The number of likely N-dealkylation sites (tertiary alicyclic amines) is 1. The minimum atomic E-state index is 0.0201. The Labute approximate surface area is 149 Å². The van der Waals surface area contributed by atoms with Crippen molar-refractivity contribution in [3.05, 3.63) is 42.2 Å². The fourth-order valence-electron chi connectivity index (χ4n) is 3.73. The minimum absolute atomic E-state index is 0.0201. The molecule has 2 fully saturated rings. The molecule has 2 atom stereocenters. The van der Waals surface area contributed by atoms with Gasteiger partial charge in [0.25, 0.3) is 0 Å². The molecule has 2 aliphatic rings. The molecule has 0 radical (unpaired) electrons. The number of thiazole rings is 1. The number of amides is 1. The number of benzene rings is 1. The first-order valence-electron chi connectivity index (χ1n) is 8.55. The van der Waals surface area contributed by atoms with Crippen LogP contribution in [0.15, 0.2) is 42.2 Å². The molecule has 0 spiro atoms. The number of nitrogens with zero attached hydrogens (tertiary/aromatic N) is 3. The predicted octanol–water partition coefficient (Wildman–Crippen LogP) is 3.25. The molecule has 2 unspecified atom stereocenters. The number of nitrogens with one attached hydrogen (secondary N) is 1. The quantitative estimate of drug-likeness (QED) is 0.785. The van der Waals surface area contributed by atoms with Crippen LogP contribution in [-0.4, -0.2) is 40.4 Å². The van der Waals surface area contributed by atoms with Crippen molar-refractivity contribution in [2.24, 2.45) is 11.8 Å². The van der Waals surface area contributed by atoms with Crippen LogP contribution in [0.1, 0.15) is 6.42 Å². The van der Waals surface area contributed by atoms with Crippen molar-refractivity contribution >= 4 is 33.8 Å². The summed E-state index contributed by atoms with van der Waals surface area (Å²) in [5, 5.41) is 5.07. The van der Waals surface area contributed by atoms with E-state index in [1.165, 1.54) is 6.42 Å². The Morgan fingerprint density at radius 2 is 2.08 bits per heavy atom. The standard InChI is InChI=1S/C19H18N4OS/c24-19(10-23-8-15-4-16(15)9-23)22-18-5-14-3-12(17-7-20-11-25-17)1-2-13(14)6-21-18/h1-3,5-7,11,15-16H,4,8-10H2,(H,21,22,24). The van der Waals surface area contributed by atoms with E-state index in [1.807, 2.05) is 24.0 Å². The largest absolute Gasteiger partial charge is 0.310 e. The lowest BCUT2D eigenvalue weighted by atomic mass is 10.1. The highest BCUT2D eigenvalue weighted by molar-refractivity contribution is 7.13. The van der Waals surface area contributed by atoms with Crippen LogP contribution < -0.4 is 5.32 Å². The second-order valence-corrected chi connectivity index (χ2v) is 7.88. The molecular weight excluding hydrogens is 332 g/mol. The monoisotopic (exact) mass is 350 g/mol. The van der Waals surface area contributed by atoms with Crippen molar-refractivity contribution in [3.8, 4) is 10.4 Å². The van der Waals surface area contributed by atoms with E-state index in [0.717, 1.165) is 46.1 Å². The lowest BCUT2D eigenvalue weighted by Crippen LogP contribution is -2.32. The normalized spacial score (nSPS) is 22.1. The minimum Gasteiger partial charge on any atom is -0.310 e. The lowest BCUT2D eigenvalue weighted by Gasteiger charge is -2.16. The second kappa shape index (κ2) is 5.89. The van der Waals surface area contributed by atoms with E-state index in [2.05, 4.69) is 38.4 Å². The third kappa shape index (κ3) is 3.03. The number of fused-ring (bicyclic) bond motifs is 2. The molecule has 1 amide bonds. The van der Waals surface area contributed by atoms with E-state index >= 15 is 0 Å². The topological polar surface area (TPSA) is 58.1 Å². The number of anilines is 1. The van der Waals surface area contributed by atoms with E-state index in [-0.39, 0.29) is 5.91 Å². The maximum atomic E-state index is 12.3. The molecular formula is C19H18N4OS. The third-order valence-electron chi connectivity index (χ3n) is 5.13. The number of carbonyl (C=O) groups excluding carboxylic acids is 1. The molecule has 0 bridgehead atoms. The van der Waals surface area contributed by atoms with Gasteiger partial charge < -0.3 is 5.32 Å². The summed E-state index contributed by atoms with van der Waals surface area (Å²) in [7, 11) is 0. The van der Waals surface area contributed by atoms with Crippen LogP contribution in [0.3, 0.4) is 0 Å². The van der Waals surface area contributed by atoms with Crippen LogP contribution in [0.2, 0.25) is 0 Å². The van der Waals surface area contributed by atoms with Gasteiger partial charge in [0.05, 0.1) is 16.9 Å². The van der Waals surface area contributed by atoms with Gasteiger partial charge in [0.2, 0.25) is 5.91 Å². The number of aromatic nitrogens is 2. The van der Waals surface area contributed by atoms with Gasteiger partial charge in [0, 0.05) is 30.9 Å². The highest BCUT2D eigenvalue weighted by atomic mass is 32.1. The highest BCUT2D eigenvalue weighted by Gasteiger charge is 2.45. The van der Waals surface area contributed by atoms with E-state index in [4.69, 9.17) is 0 Å². The van der Waals surface area contributed by atoms with E-state index in [0.29, 0.717) is 12.4 Å². The first-order chi connectivity index (χ1) is 12.2. The Morgan fingerprint density at radius 3 is 2.88 bits per heavy atom. The molecule has 1 N–H and O–H groups in total. The first-order valence-corrected chi connectivity index (χ1v) is 9.43. The Hall–Kier alpha value is -2.31. The summed E-state index contributed by atoms with van der Waals surface area (Å²) in [6.07, 6.45) is 5.04. The lowest BCUT2D eigenvalue weighted by molar-refractivity contribution is -0.117. The van der Waals surface area contributed by atoms with Crippen LogP contribution in [0.4, 0.5) is 5.82 Å². The number of pyridine rings is 1. The molecule has 1 aliphatic heterocycles. The number of rotatable bonds is 4. The van der Waals surface area contributed by atoms with Crippen LogP contribution in [0.25, 0.3) is 21.2 Å². The SMILES string of the molecule is O=C(CN1CC2CC2C1)Nc1cc2cc(-c3cncs3)ccc2cn1. The first kappa shape index (κ1) is 15.0. The van der Waals surface area contributed by atoms with Crippen molar-refractivity contribution in [2.45, 2.75) is 6.42 Å². The average molecular weight is 350 g/mol. The summed E-state index contributed by atoms with van der Waals surface area (Å²) in [5.74, 6) is 2.32. The molecule has 3 aromatic rings. The van der Waals surface area contributed by atoms with Gasteiger partial charge in [-0.3, -0.25) is 14.7 Å². The summed E-state index contributed by atoms with van der Waals surface area (Å²) in [5.41, 5.74) is 2.97. The average Bonchev–Trinajstić information content (AvgIpc) is 3.03. The smallest absolute Gasteiger partial charge is 0.239 e. The van der Waals surface area contributed by atoms with Crippen LogP contribution in [0.5, 0.6) is 0 Å². The van der Waals surface area contributed by atoms with Crippen LogP contribution in [-0.2, 0) is 4.79 Å². The summed E-state index contributed by atoms with van der Waals surface area (Å²) in [6.45, 7) is 2.61. The van der Waals surface area contributed by atoms with Crippen LogP contribution >= 0.6 is 11.3 Å². The maximum Gasteiger partial charge on any atom is 0.239 e. The highest BCUT2D eigenvalue weighted by Crippen LogP contribution is 2.44. The summed E-state index contributed by atoms with van der Waals surface area (Å²) in [6, 6.07) is 8.20. The van der Waals surface area contributed by atoms with Gasteiger partial charge in [-0.25, -0.2) is 4.98 Å². The third-order valence-corrected chi connectivity index (χ3v) is 5.95. The Balaban J connectivity index is 1.33. The Morgan fingerprint density at radius 1 is 1.20 bits per heavy atom. The molecule has 2 aromatic heterocycles. The van der Waals surface area contributed by atoms with Gasteiger partial charge in [-0.2, -0.15) is 0 Å². The Bertz CT molecular complexity index is 930. The Kier molecular flexibility index (Phi) is 3.53. The van der Waals surface area contributed by atoms with Gasteiger partial charge in [-0.15, -0.1) is 11.3 Å². The second-order valence-electron chi connectivity index (χ2n) is 7.00. The summed E-state index contributed by atoms with van der Waals surface area (Å²) < 4.78 is 0. The molecule has 1 saturated carbocycles. The molecule has 3 heterocycles. The molecule has 6 heteroatoms. The van der Waals surface area contributed by atoms with E-state index in [1.54, 1.807) is 11.3 Å². The zero-order valence-corrected chi connectivity index (χ0v) is 14.5. The fourth-order valence-corrected chi connectivity index (χ4v) is 4.35. The summed E-state index contributed by atoms with van der Waals surface area (Å²) >= 11 is 1.62. The maximum absolute atomic E-state index is 12.3. The van der Waals surface area contributed by atoms with E-state index in [9.17, 15) is 4.79 Å². The van der Waals surface area contributed by atoms with Crippen molar-refractivity contribution < 1.29 is 4.79 Å². The molecule has 1 aromatic carbocycles. The van der Waals surface area contributed by atoms with Crippen molar-refractivity contribution in [3.63, 3.8) is 0 Å². The molecule has 126 valence electrons.